The fourth-order valence-corrected chi connectivity index (χ4v) is 3.54. The van der Waals surface area contributed by atoms with Gasteiger partial charge in [-0.25, -0.2) is 4.98 Å². The zero-order valence-electron chi connectivity index (χ0n) is 14.0. The van der Waals surface area contributed by atoms with Gasteiger partial charge in [0.2, 0.25) is 0 Å². The minimum Gasteiger partial charge on any atom is -0.496 e. The number of rotatable bonds is 5. The molecule has 0 fully saturated rings. The first kappa shape index (κ1) is 16.5. The molecule has 0 bridgehead atoms. The maximum absolute atomic E-state index is 12.4. The quantitative estimate of drug-likeness (QED) is 0.493. The molecule has 0 N–H and O–H groups in total. The topological polar surface area (TPSA) is 39.2 Å². The van der Waals surface area contributed by atoms with Gasteiger partial charge in [-0.2, -0.15) is 0 Å². The summed E-state index contributed by atoms with van der Waals surface area (Å²) in [4.78, 5) is 17.1. The first-order valence-electron chi connectivity index (χ1n) is 7.75. The number of methoxy groups -OCH3 is 1. The smallest absolute Gasteiger partial charge is 0.173 e. The number of ketones is 1. The molecule has 0 saturated carbocycles. The van der Waals surface area contributed by atoms with Crippen LogP contribution in [0.15, 0.2) is 53.6 Å². The Balaban J connectivity index is 1.75. The second-order valence-corrected chi connectivity index (χ2v) is 6.69. The van der Waals surface area contributed by atoms with Crippen LogP contribution in [0.1, 0.15) is 21.5 Å². The number of carbonyl (C=O) groups is 1. The third-order valence-electron chi connectivity index (χ3n) is 3.97. The Morgan fingerprint density at radius 2 is 1.88 bits per heavy atom. The fraction of sp³-hybridized carbons (Fsp3) is 0.200. The normalized spacial score (nSPS) is 10.8. The van der Waals surface area contributed by atoms with Gasteiger partial charge in [0.25, 0.3) is 0 Å². The van der Waals surface area contributed by atoms with E-state index in [0.29, 0.717) is 11.3 Å². The number of benzene rings is 2. The maximum atomic E-state index is 12.4. The van der Waals surface area contributed by atoms with E-state index in [1.54, 1.807) is 7.11 Å². The van der Waals surface area contributed by atoms with E-state index in [1.807, 2.05) is 49.4 Å². The average Bonchev–Trinajstić information content (AvgIpc) is 2.59. The molecule has 0 aliphatic rings. The molecule has 122 valence electrons. The number of Topliss-reactive ketones (excluding diaryl/α,β-unsaturated/α-hetero) is 1. The van der Waals surface area contributed by atoms with Crippen molar-refractivity contribution >= 4 is 28.4 Å². The van der Waals surface area contributed by atoms with E-state index >= 15 is 0 Å². The van der Waals surface area contributed by atoms with Crippen LogP contribution in [0.3, 0.4) is 0 Å². The Hall–Kier alpha value is -2.33. The molecule has 2 aromatic carbocycles. The summed E-state index contributed by atoms with van der Waals surface area (Å²) in [5, 5.41) is 2.03. The Morgan fingerprint density at radius 1 is 1.08 bits per heavy atom. The molecule has 4 heteroatoms. The van der Waals surface area contributed by atoms with E-state index in [0.717, 1.165) is 27.2 Å². The third kappa shape index (κ3) is 3.44. The Morgan fingerprint density at radius 3 is 2.62 bits per heavy atom. The third-order valence-corrected chi connectivity index (χ3v) is 4.88. The molecule has 3 rings (SSSR count). The van der Waals surface area contributed by atoms with Crippen molar-refractivity contribution in [2.45, 2.75) is 18.9 Å². The molecule has 0 aliphatic carbocycles. The molecule has 0 aliphatic heterocycles. The summed E-state index contributed by atoms with van der Waals surface area (Å²) < 4.78 is 5.24. The highest BCUT2D eigenvalue weighted by Crippen LogP contribution is 2.25. The second kappa shape index (κ2) is 7.05. The van der Waals surface area contributed by atoms with E-state index in [9.17, 15) is 4.79 Å². The molecule has 3 nitrogen and oxygen atoms in total. The molecule has 3 aromatic rings. The molecule has 24 heavy (non-hydrogen) atoms. The van der Waals surface area contributed by atoms with Crippen molar-refractivity contribution in [3.63, 3.8) is 0 Å². The van der Waals surface area contributed by atoms with E-state index in [-0.39, 0.29) is 5.78 Å². The lowest BCUT2D eigenvalue weighted by Gasteiger charge is -2.08. The summed E-state index contributed by atoms with van der Waals surface area (Å²) in [6.45, 7) is 4.01. The van der Waals surface area contributed by atoms with Gasteiger partial charge in [-0.3, -0.25) is 4.79 Å². The summed E-state index contributed by atoms with van der Waals surface area (Å²) in [7, 11) is 1.63. The van der Waals surface area contributed by atoms with Crippen molar-refractivity contribution < 1.29 is 9.53 Å². The van der Waals surface area contributed by atoms with Crippen LogP contribution in [0, 0.1) is 13.8 Å². The maximum Gasteiger partial charge on any atom is 0.173 e. The number of hydrogen-bond acceptors (Lipinski definition) is 4. The van der Waals surface area contributed by atoms with Gasteiger partial charge in [-0.15, -0.1) is 0 Å². The number of thioether (sulfide) groups is 1. The Kier molecular flexibility index (Phi) is 4.86. The highest BCUT2D eigenvalue weighted by Gasteiger charge is 2.10. The van der Waals surface area contributed by atoms with Gasteiger partial charge in [0.05, 0.1) is 23.4 Å². The van der Waals surface area contributed by atoms with Gasteiger partial charge in [-0.05, 0) is 55.3 Å². The molecular formula is C20H19NO2S. The van der Waals surface area contributed by atoms with Gasteiger partial charge < -0.3 is 4.74 Å². The summed E-state index contributed by atoms with van der Waals surface area (Å²) in [6, 6.07) is 15.6. The summed E-state index contributed by atoms with van der Waals surface area (Å²) >= 11 is 1.48. The van der Waals surface area contributed by atoms with Gasteiger partial charge in [0, 0.05) is 10.9 Å². The number of hydrogen-bond donors (Lipinski definition) is 0. The molecule has 0 radical (unpaired) electrons. The van der Waals surface area contributed by atoms with Crippen LogP contribution in [-0.4, -0.2) is 23.6 Å². The largest absolute Gasteiger partial charge is 0.496 e. The highest BCUT2D eigenvalue weighted by molar-refractivity contribution is 7.99. The molecule has 1 heterocycles. The van der Waals surface area contributed by atoms with Crippen molar-refractivity contribution in [2.24, 2.45) is 0 Å². The van der Waals surface area contributed by atoms with Gasteiger partial charge in [-0.1, -0.05) is 30.0 Å². The molecule has 0 saturated heterocycles. The second-order valence-electron chi connectivity index (χ2n) is 5.69. The van der Waals surface area contributed by atoms with E-state index in [4.69, 9.17) is 4.74 Å². The van der Waals surface area contributed by atoms with Crippen molar-refractivity contribution in [3.8, 4) is 5.75 Å². The van der Waals surface area contributed by atoms with Crippen molar-refractivity contribution in [1.29, 1.82) is 0 Å². The zero-order valence-corrected chi connectivity index (χ0v) is 14.8. The number of carbonyl (C=O) groups excluding carboxylic acids is 1. The fourth-order valence-electron chi connectivity index (χ4n) is 2.67. The molecule has 0 spiro atoms. The highest BCUT2D eigenvalue weighted by atomic mass is 32.2. The van der Waals surface area contributed by atoms with Crippen LogP contribution in [-0.2, 0) is 0 Å². The molecule has 0 atom stereocenters. The van der Waals surface area contributed by atoms with Crippen LogP contribution < -0.4 is 4.74 Å². The lowest BCUT2D eigenvalue weighted by molar-refractivity contribution is 0.102. The van der Waals surface area contributed by atoms with E-state index in [1.165, 1.54) is 17.3 Å². The summed E-state index contributed by atoms with van der Waals surface area (Å²) in [5.74, 6) is 1.26. The predicted octanol–water partition coefficient (Wildman–Crippen LogP) is 4.84. The number of nitrogens with zero attached hydrogens (tertiary/aromatic N) is 1. The molecule has 1 aromatic heterocycles. The van der Waals surface area contributed by atoms with Crippen LogP contribution in [0.5, 0.6) is 5.75 Å². The zero-order chi connectivity index (χ0) is 17.1. The van der Waals surface area contributed by atoms with Gasteiger partial charge in [0.15, 0.2) is 5.78 Å². The lowest BCUT2D eigenvalue weighted by Crippen LogP contribution is -2.03. The minimum atomic E-state index is 0.0957. The van der Waals surface area contributed by atoms with E-state index in [2.05, 4.69) is 18.0 Å². The predicted molar refractivity (Wildman–Crippen MR) is 99.3 cm³/mol. The van der Waals surface area contributed by atoms with Crippen molar-refractivity contribution in [2.75, 3.05) is 12.9 Å². The van der Waals surface area contributed by atoms with Crippen LogP contribution >= 0.6 is 11.8 Å². The number of fused-ring (bicyclic) bond motifs is 1. The monoisotopic (exact) mass is 337 g/mol. The minimum absolute atomic E-state index is 0.0957. The Labute approximate surface area is 146 Å². The Bertz CT molecular complexity index is 905. The van der Waals surface area contributed by atoms with Crippen LogP contribution in [0.4, 0.5) is 0 Å². The first-order valence-corrected chi connectivity index (χ1v) is 8.74. The SMILES string of the molecule is COc1ccc(C(=O)CSc2cc(C)c3ccccc3n2)cc1C. The number of ether oxygens (including phenoxy) is 1. The standard InChI is InChI=1S/C20H19NO2S/c1-13-11-20(21-17-7-5-4-6-16(13)17)24-12-18(22)15-8-9-19(23-3)14(2)10-15/h4-11H,12H2,1-3H3. The molecular weight excluding hydrogens is 318 g/mol. The van der Waals surface area contributed by atoms with Crippen molar-refractivity contribution in [1.82, 2.24) is 4.98 Å². The number of aromatic nitrogens is 1. The average molecular weight is 337 g/mol. The molecule has 0 unspecified atom stereocenters. The van der Waals surface area contributed by atoms with E-state index < -0.39 is 0 Å². The molecule has 0 amide bonds. The van der Waals surface area contributed by atoms with Crippen molar-refractivity contribution in [3.05, 3.63) is 65.2 Å². The first-order chi connectivity index (χ1) is 11.6. The van der Waals surface area contributed by atoms with Gasteiger partial charge in [0.1, 0.15) is 5.75 Å². The summed E-state index contributed by atoms with van der Waals surface area (Å²) in [5.41, 5.74) is 3.81. The lowest BCUT2D eigenvalue weighted by atomic mass is 10.1. The van der Waals surface area contributed by atoms with Crippen LogP contribution in [0.25, 0.3) is 10.9 Å². The number of aryl methyl sites for hydroxylation is 2. The number of pyridine rings is 1. The summed E-state index contributed by atoms with van der Waals surface area (Å²) in [6.07, 6.45) is 0. The van der Waals surface area contributed by atoms with Gasteiger partial charge >= 0.3 is 0 Å². The van der Waals surface area contributed by atoms with Crippen LogP contribution in [0.2, 0.25) is 0 Å². The number of para-hydroxylation sites is 1.